The van der Waals surface area contributed by atoms with E-state index in [1.807, 2.05) is 33.2 Å². The fourth-order valence-corrected chi connectivity index (χ4v) is 4.34. The lowest BCUT2D eigenvalue weighted by atomic mass is 10.2. The standard InChI is InChI=1S/C21H23ClFN3O2S.ClH/c1-13-6-9-17(28-4)18-19(13)29-21(24-18)26(11-5-10-25(2)3)20(27)15-8-7-14(23)12-16(15)22;/h6-9,12H,5,10-11H2,1-4H3;1H. The molecule has 0 unspecified atom stereocenters. The quantitative estimate of drug-likeness (QED) is 0.460. The minimum absolute atomic E-state index is 0. The van der Waals surface area contributed by atoms with Crippen molar-refractivity contribution in [3.05, 3.63) is 52.3 Å². The van der Waals surface area contributed by atoms with Crippen molar-refractivity contribution in [2.45, 2.75) is 13.3 Å². The highest BCUT2D eigenvalue weighted by Gasteiger charge is 2.24. The van der Waals surface area contributed by atoms with Crippen molar-refractivity contribution in [1.29, 1.82) is 0 Å². The van der Waals surface area contributed by atoms with Gasteiger partial charge in [0.2, 0.25) is 0 Å². The zero-order chi connectivity index (χ0) is 21.1. The number of carbonyl (C=O) groups excluding carboxylic acids is 1. The van der Waals surface area contributed by atoms with Gasteiger partial charge in [-0.25, -0.2) is 9.37 Å². The highest BCUT2D eigenvalue weighted by atomic mass is 35.5. The van der Waals surface area contributed by atoms with Crippen molar-refractivity contribution in [3.8, 4) is 5.75 Å². The summed E-state index contributed by atoms with van der Waals surface area (Å²) < 4.78 is 19.9. The van der Waals surface area contributed by atoms with Crippen molar-refractivity contribution in [1.82, 2.24) is 9.88 Å². The summed E-state index contributed by atoms with van der Waals surface area (Å²) in [4.78, 5) is 21.7. The fourth-order valence-electron chi connectivity index (χ4n) is 3.02. The summed E-state index contributed by atoms with van der Waals surface area (Å²) in [6.45, 7) is 3.28. The Morgan fingerprint density at radius 2 is 1.97 bits per heavy atom. The Labute approximate surface area is 190 Å². The highest BCUT2D eigenvalue weighted by molar-refractivity contribution is 7.22. The van der Waals surface area contributed by atoms with Crippen LogP contribution in [0.2, 0.25) is 5.02 Å². The van der Waals surface area contributed by atoms with Gasteiger partial charge in [-0.2, -0.15) is 0 Å². The Kier molecular flexibility index (Phi) is 8.43. The van der Waals surface area contributed by atoms with Crippen LogP contribution in [-0.4, -0.2) is 50.1 Å². The van der Waals surface area contributed by atoms with Crippen LogP contribution in [-0.2, 0) is 0 Å². The lowest BCUT2D eigenvalue weighted by Gasteiger charge is -2.21. The molecule has 162 valence electrons. The summed E-state index contributed by atoms with van der Waals surface area (Å²) in [6.07, 6.45) is 0.754. The summed E-state index contributed by atoms with van der Waals surface area (Å²) >= 11 is 7.59. The molecule has 2 aromatic carbocycles. The van der Waals surface area contributed by atoms with E-state index in [0.29, 0.717) is 17.4 Å². The molecule has 0 N–H and O–H groups in total. The van der Waals surface area contributed by atoms with E-state index in [1.54, 1.807) is 12.0 Å². The molecule has 1 amide bonds. The lowest BCUT2D eigenvalue weighted by Crippen LogP contribution is -2.33. The predicted octanol–water partition coefficient (Wildman–Crippen LogP) is 5.43. The average Bonchev–Trinajstić information content (AvgIpc) is 3.11. The van der Waals surface area contributed by atoms with Gasteiger partial charge in [0.1, 0.15) is 17.1 Å². The Hall–Kier alpha value is -1.93. The minimum atomic E-state index is -0.481. The summed E-state index contributed by atoms with van der Waals surface area (Å²) in [7, 11) is 5.56. The molecule has 0 aliphatic carbocycles. The topological polar surface area (TPSA) is 45.7 Å². The number of methoxy groups -OCH3 is 1. The number of ether oxygens (including phenoxy) is 1. The third-order valence-electron chi connectivity index (χ3n) is 4.54. The van der Waals surface area contributed by atoms with Gasteiger partial charge in [-0.1, -0.05) is 29.0 Å². The monoisotopic (exact) mass is 471 g/mol. The number of nitrogens with zero attached hydrogens (tertiary/aromatic N) is 3. The number of thiazole rings is 1. The highest BCUT2D eigenvalue weighted by Crippen LogP contribution is 2.37. The normalized spacial score (nSPS) is 10.9. The second kappa shape index (κ2) is 10.4. The number of aryl methyl sites for hydroxylation is 1. The first-order chi connectivity index (χ1) is 13.8. The number of amides is 1. The molecule has 0 spiro atoms. The van der Waals surface area contributed by atoms with E-state index < -0.39 is 5.82 Å². The maximum atomic E-state index is 13.5. The van der Waals surface area contributed by atoms with Crippen LogP contribution in [0.5, 0.6) is 5.75 Å². The van der Waals surface area contributed by atoms with Crippen LogP contribution in [0.1, 0.15) is 22.3 Å². The molecule has 0 saturated heterocycles. The van der Waals surface area contributed by atoms with Crippen LogP contribution >= 0.6 is 35.3 Å². The molecule has 30 heavy (non-hydrogen) atoms. The van der Waals surface area contributed by atoms with Crippen molar-refractivity contribution >= 4 is 56.6 Å². The van der Waals surface area contributed by atoms with Crippen molar-refractivity contribution in [3.63, 3.8) is 0 Å². The second-order valence-corrected chi connectivity index (χ2v) is 8.38. The van der Waals surface area contributed by atoms with Crippen molar-refractivity contribution in [2.75, 3.05) is 39.2 Å². The molecule has 0 saturated carbocycles. The van der Waals surface area contributed by atoms with E-state index >= 15 is 0 Å². The Morgan fingerprint density at radius 1 is 1.23 bits per heavy atom. The van der Waals surface area contributed by atoms with E-state index in [-0.39, 0.29) is 28.9 Å². The molecular weight excluding hydrogens is 448 g/mol. The van der Waals surface area contributed by atoms with Gasteiger partial charge in [0.05, 0.1) is 22.4 Å². The summed E-state index contributed by atoms with van der Waals surface area (Å²) in [6, 6.07) is 7.65. The third kappa shape index (κ3) is 5.21. The average molecular weight is 472 g/mol. The number of anilines is 1. The number of hydrogen-bond donors (Lipinski definition) is 0. The van der Waals surface area contributed by atoms with Gasteiger partial charge in [-0.05, 0) is 63.8 Å². The molecule has 0 fully saturated rings. The number of hydrogen-bond acceptors (Lipinski definition) is 5. The van der Waals surface area contributed by atoms with Crippen molar-refractivity contribution < 1.29 is 13.9 Å². The largest absolute Gasteiger partial charge is 0.494 e. The Morgan fingerprint density at radius 3 is 2.60 bits per heavy atom. The first-order valence-corrected chi connectivity index (χ1v) is 10.4. The van der Waals surface area contributed by atoms with Gasteiger partial charge in [0, 0.05) is 6.54 Å². The number of fused-ring (bicyclic) bond motifs is 1. The van der Waals surface area contributed by atoms with E-state index in [0.717, 1.165) is 34.8 Å². The number of carbonyl (C=O) groups is 1. The van der Waals surface area contributed by atoms with E-state index in [2.05, 4.69) is 4.90 Å². The van der Waals surface area contributed by atoms with E-state index in [4.69, 9.17) is 21.3 Å². The van der Waals surface area contributed by atoms with Gasteiger partial charge < -0.3 is 9.64 Å². The maximum Gasteiger partial charge on any atom is 0.261 e. The van der Waals surface area contributed by atoms with Crippen LogP contribution < -0.4 is 9.64 Å². The molecule has 5 nitrogen and oxygen atoms in total. The Bertz CT molecular complexity index is 1040. The predicted molar refractivity (Wildman–Crippen MR) is 124 cm³/mol. The third-order valence-corrected chi connectivity index (χ3v) is 6.06. The molecule has 0 radical (unpaired) electrons. The molecule has 9 heteroatoms. The SMILES string of the molecule is COc1ccc(C)c2sc(N(CCCN(C)C)C(=O)c3ccc(F)cc3Cl)nc12.Cl. The number of rotatable bonds is 7. The van der Waals surface area contributed by atoms with Crippen molar-refractivity contribution in [2.24, 2.45) is 0 Å². The molecule has 3 rings (SSSR count). The lowest BCUT2D eigenvalue weighted by molar-refractivity contribution is 0.0986. The summed E-state index contributed by atoms with van der Waals surface area (Å²) in [5.74, 6) is -0.121. The zero-order valence-electron chi connectivity index (χ0n) is 17.2. The molecule has 0 bridgehead atoms. The number of benzene rings is 2. The smallest absolute Gasteiger partial charge is 0.261 e. The minimum Gasteiger partial charge on any atom is -0.494 e. The van der Waals surface area contributed by atoms with E-state index in [1.165, 1.54) is 23.5 Å². The fraction of sp³-hybridized carbons (Fsp3) is 0.333. The van der Waals surface area contributed by atoms with Gasteiger partial charge in [-0.15, -0.1) is 12.4 Å². The summed E-state index contributed by atoms with van der Waals surface area (Å²) in [5.41, 5.74) is 2.04. The van der Waals surface area contributed by atoms with E-state index in [9.17, 15) is 9.18 Å². The first kappa shape index (κ1) is 24.3. The van der Waals surface area contributed by atoms with Crippen LogP contribution in [0.3, 0.4) is 0 Å². The Balaban J connectivity index is 0.00000320. The van der Waals surface area contributed by atoms with Crippen LogP contribution in [0.4, 0.5) is 9.52 Å². The molecule has 1 heterocycles. The van der Waals surface area contributed by atoms with Gasteiger partial charge >= 0.3 is 0 Å². The molecule has 0 atom stereocenters. The van der Waals surface area contributed by atoms with Crippen LogP contribution in [0.15, 0.2) is 30.3 Å². The van der Waals surface area contributed by atoms with Gasteiger partial charge in [0.15, 0.2) is 5.13 Å². The van der Waals surface area contributed by atoms with Crippen LogP contribution in [0.25, 0.3) is 10.2 Å². The maximum absolute atomic E-state index is 13.5. The molecule has 0 aliphatic heterocycles. The molecule has 1 aromatic heterocycles. The zero-order valence-corrected chi connectivity index (χ0v) is 19.6. The van der Waals surface area contributed by atoms with Gasteiger partial charge in [-0.3, -0.25) is 9.69 Å². The van der Waals surface area contributed by atoms with Crippen LogP contribution in [0, 0.1) is 12.7 Å². The second-order valence-electron chi connectivity index (χ2n) is 7.00. The molecular formula is C21H24Cl2FN3O2S. The number of aromatic nitrogens is 1. The summed E-state index contributed by atoms with van der Waals surface area (Å²) in [5, 5.41) is 0.652. The van der Waals surface area contributed by atoms with Gasteiger partial charge in [0.25, 0.3) is 5.91 Å². The number of halogens is 3. The molecule has 3 aromatic rings. The molecule has 0 aliphatic rings. The first-order valence-electron chi connectivity index (χ1n) is 9.17.